The van der Waals surface area contributed by atoms with Crippen molar-refractivity contribution < 1.29 is 13.2 Å². The summed E-state index contributed by atoms with van der Waals surface area (Å²) in [6.07, 6.45) is 12.9. The molecule has 226 valence electrons. The number of nitrogens with zero attached hydrogens (tertiary/aromatic N) is 4. The van der Waals surface area contributed by atoms with Gasteiger partial charge in [-0.1, -0.05) is 11.6 Å². The van der Waals surface area contributed by atoms with Crippen LogP contribution in [0.4, 0.5) is 23.1 Å². The van der Waals surface area contributed by atoms with E-state index in [2.05, 4.69) is 50.1 Å². The van der Waals surface area contributed by atoms with E-state index in [9.17, 15) is 8.42 Å². The van der Waals surface area contributed by atoms with Crippen molar-refractivity contribution >= 4 is 44.6 Å². The van der Waals surface area contributed by atoms with Gasteiger partial charge in [0.1, 0.15) is 10.8 Å². The van der Waals surface area contributed by atoms with Gasteiger partial charge in [-0.15, -0.1) is 0 Å². The number of benzene rings is 1. The highest BCUT2D eigenvalue weighted by Gasteiger charge is 2.31. The Morgan fingerprint density at radius 3 is 2.33 bits per heavy atom. The lowest BCUT2D eigenvalue weighted by Gasteiger charge is -2.31. The van der Waals surface area contributed by atoms with Crippen LogP contribution in [0.1, 0.15) is 82.3 Å². The molecule has 0 atom stereocenters. The molecule has 1 aromatic carbocycles. The first kappa shape index (κ1) is 29.2. The van der Waals surface area contributed by atoms with Crippen LogP contribution in [0.3, 0.4) is 0 Å². The third kappa shape index (κ3) is 6.53. The zero-order valence-corrected chi connectivity index (χ0v) is 26.2. The summed E-state index contributed by atoms with van der Waals surface area (Å²) in [6.45, 7) is 5.41. The number of aryl methyl sites for hydroxylation is 2. The van der Waals surface area contributed by atoms with E-state index in [1.165, 1.54) is 60.5 Å². The summed E-state index contributed by atoms with van der Waals surface area (Å²) in [6, 6.07) is 5.74. The fourth-order valence-corrected chi connectivity index (χ4v) is 6.85. The number of ether oxygens (including phenoxy) is 1. The second kappa shape index (κ2) is 11.7. The van der Waals surface area contributed by atoms with Crippen molar-refractivity contribution in [2.45, 2.75) is 107 Å². The molecule has 2 heterocycles. The van der Waals surface area contributed by atoms with E-state index in [-0.39, 0.29) is 22.0 Å². The Morgan fingerprint density at radius 2 is 1.69 bits per heavy atom. The fourth-order valence-electron chi connectivity index (χ4n) is 5.61. The topological polar surface area (TPSA) is 123 Å². The van der Waals surface area contributed by atoms with Crippen molar-refractivity contribution in [2.75, 3.05) is 10.6 Å². The maximum absolute atomic E-state index is 12.9. The highest BCUT2D eigenvalue weighted by atomic mass is 35.5. The minimum atomic E-state index is -3.63. The van der Waals surface area contributed by atoms with Crippen molar-refractivity contribution in [1.29, 1.82) is 0 Å². The SMILES string of the molecule is Cc1cc(Nc2ncc(Cl)c(Nc3cn(C)nc3S(=O)(=O)C(C)C)n2)c(OC2CC2)cc1C1CCC(NC2CC2)CC1. The Morgan fingerprint density at radius 1 is 1.00 bits per heavy atom. The maximum Gasteiger partial charge on any atom is 0.229 e. The number of nitrogens with one attached hydrogen (secondary N) is 3. The van der Waals surface area contributed by atoms with Gasteiger partial charge in [-0.05, 0) is 101 Å². The Hall–Kier alpha value is -2.89. The summed E-state index contributed by atoms with van der Waals surface area (Å²) in [5.74, 6) is 1.92. The van der Waals surface area contributed by atoms with Crippen LogP contribution in [0.5, 0.6) is 5.75 Å². The number of sulfone groups is 1. The number of hydrogen-bond donors (Lipinski definition) is 3. The molecule has 42 heavy (non-hydrogen) atoms. The Balaban J connectivity index is 1.23. The van der Waals surface area contributed by atoms with Crippen molar-refractivity contribution in [3.63, 3.8) is 0 Å². The van der Waals surface area contributed by atoms with E-state index in [0.29, 0.717) is 23.6 Å². The predicted molar refractivity (Wildman–Crippen MR) is 165 cm³/mol. The molecule has 0 unspecified atom stereocenters. The first-order chi connectivity index (χ1) is 20.1. The number of aromatic nitrogens is 4. The number of hydrogen-bond acceptors (Lipinski definition) is 9. The summed E-state index contributed by atoms with van der Waals surface area (Å²) in [4.78, 5) is 8.99. The summed E-state index contributed by atoms with van der Waals surface area (Å²) >= 11 is 6.45. The van der Waals surface area contributed by atoms with Gasteiger partial charge in [0, 0.05) is 25.3 Å². The Kier molecular flexibility index (Phi) is 8.10. The molecular weight excluding hydrogens is 574 g/mol. The molecule has 0 amide bonds. The maximum atomic E-state index is 12.9. The Bertz CT molecular complexity index is 1560. The van der Waals surface area contributed by atoms with Gasteiger partial charge < -0.3 is 20.7 Å². The van der Waals surface area contributed by atoms with Gasteiger partial charge in [-0.2, -0.15) is 10.1 Å². The van der Waals surface area contributed by atoms with E-state index >= 15 is 0 Å². The van der Waals surface area contributed by atoms with E-state index in [1.54, 1.807) is 27.1 Å². The van der Waals surface area contributed by atoms with E-state index < -0.39 is 15.1 Å². The lowest BCUT2D eigenvalue weighted by Crippen LogP contribution is -2.34. The van der Waals surface area contributed by atoms with Crippen molar-refractivity contribution in [3.8, 4) is 5.75 Å². The molecule has 3 aliphatic carbocycles. The molecular formula is C30H40ClN7O3S. The lowest BCUT2D eigenvalue weighted by molar-refractivity contribution is 0.303. The smallest absolute Gasteiger partial charge is 0.229 e. The summed E-state index contributed by atoms with van der Waals surface area (Å²) < 4.78 is 33.6. The minimum Gasteiger partial charge on any atom is -0.488 e. The van der Waals surface area contributed by atoms with Crippen LogP contribution in [0, 0.1) is 6.92 Å². The second-order valence-electron chi connectivity index (χ2n) is 12.3. The third-order valence-electron chi connectivity index (χ3n) is 8.33. The Labute approximate surface area is 252 Å². The molecule has 0 bridgehead atoms. The fraction of sp³-hybridized carbons (Fsp3) is 0.567. The third-order valence-corrected chi connectivity index (χ3v) is 10.7. The van der Waals surface area contributed by atoms with E-state index in [1.807, 2.05) is 0 Å². The average Bonchev–Trinajstić information content (AvgIpc) is 3.88. The van der Waals surface area contributed by atoms with Crippen LogP contribution in [-0.4, -0.2) is 51.6 Å². The zero-order valence-electron chi connectivity index (χ0n) is 24.7. The van der Waals surface area contributed by atoms with Gasteiger partial charge in [-0.25, -0.2) is 13.4 Å². The largest absolute Gasteiger partial charge is 0.488 e. The average molecular weight is 614 g/mol. The molecule has 0 saturated heterocycles. The van der Waals surface area contributed by atoms with E-state index in [4.69, 9.17) is 16.3 Å². The number of anilines is 4. The molecule has 3 saturated carbocycles. The monoisotopic (exact) mass is 613 g/mol. The van der Waals surface area contributed by atoms with Gasteiger partial charge in [-0.3, -0.25) is 4.68 Å². The molecule has 3 aromatic rings. The molecule has 0 aliphatic heterocycles. The summed E-state index contributed by atoms with van der Waals surface area (Å²) in [7, 11) is -1.96. The van der Waals surface area contributed by atoms with Crippen LogP contribution in [0.15, 0.2) is 29.6 Å². The summed E-state index contributed by atoms with van der Waals surface area (Å²) in [5.41, 5.74) is 3.67. The lowest BCUT2D eigenvalue weighted by atomic mass is 9.80. The standard InChI is InChI=1S/C30H40ClN7O3S/c1-17(2)42(39,40)29-26(16-38(4)37-29)34-28-24(31)15-32-30(36-28)35-25-13-18(3)23(14-27(25)41-22-11-12-22)19-5-7-20(8-6-19)33-21-9-10-21/h13-17,19-22,33H,5-12H2,1-4H3,(H2,32,34,35,36). The van der Waals surface area contributed by atoms with E-state index in [0.717, 1.165) is 30.3 Å². The highest BCUT2D eigenvalue weighted by molar-refractivity contribution is 7.92. The molecule has 0 radical (unpaired) electrons. The highest BCUT2D eigenvalue weighted by Crippen LogP contribution is 2.42. The first-order valence-corrected chi connectivity index (χ1v) is 16.9. The molecule has 3 fully saturated rings. The second-order valence-corrected chi connectivity index (χ2v) is 15.1. The van der Waals surface area contributed by atoms with Crippen molar-refractivity contribution in [2.24, 2.45) is 7.05 Å². The van der Waals surface area contributed by atoms with Crippen LogP contribution in [0.2, 0.25) is 5.02 Å². The van der Waals surface area contributed by atoms with Gasteiger partial charge in [0.25, 0.3) is 0 Å². The number of halogens is 1. The van der Waals surface area contributed by atoms with Gasteiger partial charge >= 0.3 is 0 Å². The molecule has 0 spiro atoms. The molecule has 12 heteroatoms. The zero-order chi connectivity index (χ0) is 29.6. The quantitative estimate of drug-likeness (QED) is 0.233. The minimum absolute atomic E-state index is 0.0483. The molecule has 3 N–H and O–H groups in total. The molecule has 2 aromatic heterocycles. The van der Waals surface area contributed by atoms with Gasteiger partial charge in [0.2, 0.25) is 20.8 Å². The molecule has 3 aliphatic rings. The van der Waals surface area contributed by atoms with Crippen molar-refractivity contribution in [1.82, 2.24) is 25.1 Å². The summed E-state index contributed by atoms with van der Waals surface area (Å²) in [5, 5.41) is 14.0. The van der Waals surface area contributed by atoms with Crippen molar-refractivity contribution in [3.05, 3.63) is 40.7 Å². The normalized spacial score (nSPS) is 21.0. The first-order valence-electron chi connectivity index (χ1n) is 15.0. The molecule has 6 rings (SSSR count). The van der Waals surface area contributed by atoms with Gasteiger partial charge in [0.05, 0.1) is 28.9 Å². The molecule has 10 nitrogen and oxygen atoms in total. The van der Waals surface area contributed by atoms with Crippen LogP contribution >= 0.6 is 11.6 Å². The van der Waals surface area contributed by atoms with Crippen LogP contribution in [-0.2, 0) is 16.9 Å². The predicted octanol–water partition coefficient (Wildman–Crippen LogP) is 6.16. The number of rotatable bonds is 11. The van der Waals surface area contributed by atoms with Gasteiger partial charge in [0.15, 0.2) is 5.82 Å². The van der Waals surface area contributed by atoms with Crippen LogP contribution in [0.25, 0.3) is 0 Å². The van der Waals surface area contributed by atoms with Crippen LogP contribution < -0.4 is 20.7 Å².